The fraction of sp³-hybridized carbons (Fsp3) is 0.875. The van der Waals surface area contributed by atoms with Crippen LogP contribution in [0.25, 0.3) is 0 Å². The summed E-state index contributed by atoms with van der Waals surface area (Å²) in [5, 5.41) is 0. The first-order chi connectivity index (χ1) is 4.91. The number of halogens is 2. The maximum atomic E-state index is 11.5. The SMILES string of the molecule is CCCC(C)(Br)C(=O)C(C)Br. The molecule has 0 saturated heterocycles. The van der Waals surface area contributed by atoms with Crippen molar-refractivity contribution in [3.8, 4) is 0 Å². The average Bonchev–Trinajstić information content (AvgIpc) is 1.86. The third-order valence-corrected chi connectivity index (χ3v) is 2.80. The van der Waals surface area contributed by atoms with Crippen LogP contribution in [-0.4, -0.2) is 14.9 Å². The summed E-state index contributed by atoms with van der Waals surface area (Å²) in [6, 6.07) is 0. The van der Waals surface area contributed by atoms with Gasteiger partial charge in [-0.15, -0.1) is 0 Å². The average molecular weight is 286 g/mol. The molecule has 1 nitrogen and oxygen atoms in total. The minimum atomic E-state index is -0.343. The summed E-state index contributed by atoms with van der Waals surface area (Å²) in [7, 11) is 0. The van der Waals surface area contributed by atoms with Crippen LogP contribution in [0, 0.1) is 0 Å². The Labute approximate surface area is 85.2 Å². The third-order valence-electron chi connectivity index (χ3n) is 1.59. The molecular formula is C8H14Br2O. The molecule has 0 heterocycles. The standard InChI is InChI=1S/C8H14Br2O/c1-4-5-8(3,10)7(11)6(2)9/h6H,4-5H2,1-3H3. The summed E-state index contributed by atoms with van der Waals surface area (Å²) < 4.78 is -0.343. The van der Waals surface area contributed by atoms with Gasteiger partial charge in [0, 0.05) is 0 Å². The molecule has 0 fully saturated rings. The molecule has 11 heavy (non-hydrogen) atoms. The van der Waals surface area contributed by atoms with Gasteiger partial charge in [-0.25, -0.2) is 0 Å². The maximum absolute atomic E-state index is 11.5. The van der Waals surface area contributed by atoms with Crippen LogP contribution in [-0.2, 0) is 4.79 Å². The fourth-order valence-electron chi connectivity index (χ4n) is 1.01. The van der Waals surface area contributed by atoms with Gasteiger partial charge in [0.1, 0.15) is 0 Å². The van der Waals surface area contributed by atoms with Gasteiger partial charge in [0.2, 0.25) is 0 Å². The van der Waals surface area contributed by atoms with E-state index < -0.39 is 0 Å². The largest absolute Gasteiger partial charge is 0.297 e. The molecule has 0 aromatic heterocycles. The molecule has 0 rings (SSSR count). The maximum Gasteiger partial charge on any atom is 0.162 e. The Morgan fingerprint density at radius 2 is 2.09 bits per heavy atom. The van der Waals surface area contributed by atoms with Crippen molar-refractivity contribution in [3.05, 3.63) is 0 Å². The van der Waals surface area contributed by atoms with Gasteiger partial charge < -0.3 is 0 Å². The van der Waals surface area contributed by atoms with Crippen molar-refractivity contribution >= 4 is 37.6 Å². The number of carbonyl (C=O) groups excluding carboxylic acids is 1. The number of alkyl halides is 2. The van der Waals surface area contributed by atoms with Gasteiger partial charge in [0.25, 0.3) is 0 Å². The van der Waals surface area contributed by atoms with E-state index >= 15 is 0 Å². The first kappa shape index (κ1) is 11.6. The van der Waals surface area contributed by atoms with Crippen LogP contribution in [0.1, 0.15) is 33.6 Å². The summed E-state index contributed by atoms with van der Waals surface area (Å²) in [6.07, 6.45) is 1.91. The zero-order valence-corrected chi connectivity index (χ0v) is 10.3. The topological polar surface area (TPSA) is 17.1 Å². The Kier molecular flexibility index (Phi) is 4.87. The normalized spacial score (nSPS) is 19.0. The number of carbonyl (C=O) groups is 1. The molecule has 0 aromatic carbocycles. The zero-order chi connectivity index (χ0) is 9.07. The van der Waals surface area contributed by atoms with Gasteiger partial charge in [-0.1, -0.05) is 45.2 Å². The highest BCUT2D eigenvalue weighted by atomic mass is 79.9. The van der Waals surface area contributed by atoms with E-state index in [1.165, 1.54) is 0 Å². The van der Waals surface area contributed by atoms with E-state index in [0.717, 1.165) is 12.8 Å². The second-order valence-electron chi connectivity index (χ2n) is 2.93. The fourth-order valence-corrected chi connectivity index (χ4v) is 2.56. The number of ketones is 1. The van der Waals surface area contributed by atoms with Crippen LogP contribution in [0.4, 0.5) is 0 Å². The summed E-state index contributed by atoms with van der Waals surface area (Å²) in [4.78, 5) is 11.4. The minimum Gasteiger partial charge on any atom is -0.297 e. The van der Waals surface area contributed by atoms with Crippen LogP contribution in [0.3, 0.4) is 0 Å². The molecule has 0 amide bonds. The van der Waals surface area contributed by atoms with Gasteiger partial charge in [0.15, 0.2) is 5.78 Å². The van der Waals surface area contributed by atoms with E-state index in [2.05, 4.69) is 38.8 Å². The third kappa shape index (κ3) is 3.70. The molecule has 2 unspecified atom stereocenters. The lowest BCUT2D eigenvalue weighted by molar-refractivity contribution is -0.120. The van der Waals surface area contributed by atoms with Gasteiger partial charge in [-0.3, -0.25) is 4.79 Å². The van der Waals surface area contributed by atoms with Crippen LogP contribution in [0.2, 0.25) is 0 Å². The van der Waals surface area contributed by atoms with Crippen molar-refractivity contribution < 1.29 is 4.79 Å². The van der Waals surface area contributed by atoms with E-state index in [0.29, 0.717) is 0 Å². The highest BCUT2D eigenvalue weighted by molar-refractivity contribution is 9.11. The first-order valence-corrected chi connectivity index (χ1v) is 5.50. The predicted octanol–water partition coefficient (Wildman–Crippen LogP) is 3.29. The minimum absolute atomic E-state index is 0.0570. The van der Waals surface area contributed by atoms with Crippen molar-refractivity contribution in [2.75, 3.05) is 0 Å². The predicted molar refractivity (Wildman–Crippen MR) is 55.6 cm³/mol. The lowest BCUT2D eigenvalue weighted by Crippen LogP contribution is -2.33. The van der Waals surface area contributed by atoms with Crippen molar-refractivity contribution in [1.29, 1.82) is 0 Å². The number of hydrogen-bond acceptors (Lipinski definition) is 1. The highest BCUT2D eigenvalue weighted by Gasteiger charge is 2.30. The lowest BCUT2D eigenvalue weighted by Gasteiger charge is -2.21. The van der Waals surface area contributed by atoms with Gasteiger partial charge in [-0.2, -0.15) is 0 Å². The van der Waals surface area contributed by atoms with E-state index in [1.54, 1.807) is 0 Å². The number of Topliss-reactive ketones (excluding diaryl/α,β-unsaturated/α-hetero) is 1. The quantitative estimate of drug-likeness (QED) is 0.725. The molecular weight excluding hydrogens is 272 g/mol. The second kappa shape index (κ2) is 4.61. The van der Waals surface area contributed by atoms with Crippen LogP contribution in [0.15, 0.2) is 0 Å². The van der Waals surface area contributed by atoms with Crippen molar-refractivity contribution in [3.63, 3.8) is 0 Å². The van der Waals surface area contributed by atoms with E-state index in [4.69, 9.17) is 0 Å². The Hall–Kier alpha value is 0.630. The monoisotopic (exact) mass is 284 g/mol. The molecule has 0 saturated carbocycles. The molecule has 0 N–H and O–H groups in total. The molecule has 2 atom stereocenters. The molecule has 3 heteroatoms. The molecule has 0 spiro atoms. The van der Waals surface area contributed by atoms with E-state index in [1.807, 2.05) is 13.8 Å². The van der Waals surface area contributed by atoms with Crippen LogP contribution in [0.5, 0.6) is 0 Å². The van der Waals surface area contributed by atoms with Crippen molar-refractivity contribution in [2.45, 2.75) is 42.8 Å². The van der Waals surface area contributed by atoms with Crippen LogP contribution < -0.4 is 0 Å². The van der Waals surface area contributed by atoms with E-state index in [9.17, 15) is 4.79 Å². The zero-order valence-electron chi connectivity index (χ0n) is 7.16. The summed E-state index contributed by atoms with van der Waals surface area (Å²) >= 11 is 6.69. The summed E-state index contributed by atoms with van der Waals surface area (Å²) in [6.45, 7) is 5.86. The van der Waals surface area contributed by atoms with Crippen LogP contribution >= 0.6 is 31.9 Å². The van der Waals surface area contributed by atoms with Crippen molar-refractivity contribution in [2.24, 2.45) is 0 Å². The lowest BCUT2D eigenvalue weighted by atomic mass is 9.99. The smallest absolute Gasteiger partial charge is 0.162 e. The highest BCUT2D eigenvalue weighted by Crippen LogP contribution is 2.27. The summed E-state index contributed by atoms with van der Waals surface area (Å²) in [5.74, 6) is 0.222. The summed E-state index contributed by atoms with van der Waals surface area (Å²) in [5.41, 5.74) is 0. The molecule has 0 radical (unpaired) electrons. The Morgan fingerprint density at radius 1 is 1.64 bits per heavy atom. The number of hydrogen-bond donors (Lipinski definition) is 0. The molecule has 66 valence electrons. The van der Waals surface area contributed by atoms with Gasteiger partial charge >= 0.3 is 0 Å². The molecule has 0 aliphatic heterocycles. The van der Waals surface area contributed by atoms with E-state index in [-0.39, 0.29) is 14.9 Å². The van der Waals surface area contributed by atoms with Gasteiger partial charge in [0.05, 0.1) is 9.15 Å². The Bertz CT molecular complexity index is 141. The molecule has 0 aliphatic carbocycles. The first-order valence-electron chi connectivity index (χ1n) is 3.79. The second-order valence-corrected chi connectivity index (χ2v) is 6.05. The van der Waals surface area contributed by atoms with Crippen molar-refractivity contribution in [1.82, 2.24) is 0 Å². The molecule has 0 aromatic rings. The molecule has 0 bridgehead atoms. The molecule has 0 aliphatic rings. The van der Waals surface area contributed by atoms with Gasteiger partial charge in [-0.05, 0) is 20.3 Å². The number of rotatable bonds is 4. The Morgan fingerprint density at radius 3 is 2.36 bits per heavy atom. The Balaban J connectivity index is 4.17.